The number of aromatic nitrogens is 2. The maximum absolute atomic E-state index is 12.9. The summed E-state index contributed by atoms with van der Waals surface area (Å²) < 4.78 is 1.82. The minimum atomic E-state index is -0.493. The van der Waals surface area contributed by atoms with Crippen molar-refractivity contribution in [2.24, 2.45) is 13.0 Å². The van der Waals surface area contributed by atoms with E-state index >= 15 is 0 Å². The van der Waals surface area contributed by atoms with Crippen LogP contribution < -0.4 is 5.32 Å². The molecule has 1 aromatic carbocycles. The standard InChI is InChI=1S/C20H26N4O2/c1-12(2)18(24-11-15-8-6-7-9-16(15)20(24)26)19(25)21-10-17-13(3)22-23(5)14(17)4/h6-9,12,18H,10-11H2,1-5H3,(H,21,25). The molecule has 0 spiro atoms. The van der Waals surface area contributed by atoms with Gasteiger partial charge in [-0.05, 0) is 31.4 Å². The normalized spacial score (nSPS) is 14.7. The van der Waals surface area contributed by atoms with Gasteiger partial charge in [0, 0.05) is 37.0 Å². The Kier molecular flexibility index (Phi) is 4.85. The molecule has 0 saturated heterocycles. The number of aryl methyl sites for hydroxylation is 2. The van der Waals surface area contributed by atoms with Crippen molar-refractivity contribution in [3.63, 3.8) is 0 Å². The molecule has 6 nitrogen and oxygen atoms in total. The lowest BCUT2D eigenvalue weighted by Crippen LogP contribution is -2.49. The van der Waals surface area contributed by atoms with Gasteiger partial charge >= 0.3 is 0 Å². The zero-order valence-corrected chi connectivity index (χ0v) is 16.0. The Labute approximate surface area is 154 Å². The number of nitrogens with one attached hydrogen (secondary N) is 1. The lowest BCUT2D eigenvalue weighted by molar-refractivity contribution is -0.127. The SMILES string of the molecule is Cc1nn(C)c(C)c1CNC(=O)C(C(C)C)N1Cc2ccccc2C1=O. The van der Waals surface area contributed by atoms with Crippen LogP contribution in [-0.4, -0.2) is 32.5 Å². The van der Waals surface area contributed by atoms with E-state index in [1.165, 1.54) is 0 Å². The number of amides is 2. The molecule has 0 fully saturated rings. The predicted octanol–water partition coefficient (Wildman–Crippen LogP) is 2.33. The third kappa shape index (κ3) is 3.11. The van der Waals surface area contributed by atoms with Gasteiger partial charge in [-0.15, -0.1) is 0 Å². The molecule has 0 bridgehead atoms. The number of nitrogens with zero attached hydrogens (tertiary/aromatic N) is 3. The molecule has 0 saturated carbocycles. The van der Waals surface area contributed by atoms with Crippen LogP contribution in [0.25, 0.3) is 0 Å². The average Bonchev–Trinajstić information content (AvgIpc) is 3.03. The lowest BCUT2D eigenvalue weighted by atomic mass is 10.0. The van der Waals surface area contributed by atoms with Gasteiger partial charge in [-0.1, -0.05) is 32.0 Å². The molecular weight excluding hydrogens is 328 g/mol. The fraction of sp³-hybridized carbons (Fsp3) is 0.450. The van der Waals surface area contributed by atoms with Gasteiger partial charge in [0.1, 0.15) is 6.04 Å². The number of rotatable bonds is 5. The lowest BCUT2D eigenvalue weighted by Gasteiger charge is -2.30. The molecule has 26 heavy (non-hydrogen) atoms. The number of benzene rings is 1. The van der Waals surface area contributed by atoms with Crippen molar-refractivity contribution in [2.45, 2.75) is 46.8 Å². The minimum Gasteiger partial charge on any atom is -0.350 e. The van der Waals surface area contributed by atoms with Crippen molar-refractivity contribution < 1.29 is 9.59 Å². The molecule has 1 aromatic heterocycles. The van der Waals surface area contributed by atoms with Crippen LogP contribution in [0.2, 0.25) is 0 Å². The maximum atomic E-state index is 12.9. The van der Waals surface area contributed by atoms with Crippen molar-refractivity contribution in [1.29, 1.82) is 0 Å². The van der Waals surface area contributed by atoms with E-state index in [1.54, 1.807) is 4.90 Å². The van der Waals surface area contributed by atoms with E-state index < -0.39 is 6.04 Å². The van der Waals surface area contributed by atoms with Crippen LogP contribution in [0, 0.1) is 19.8 Å². The van der Waals surface area contributed by atoms with Crippen molar-refractivity contribution >= 4 is 11.8 Å². The van der Waals surface area contributed by atoms with Crippen LogP contribution in [0.3, 0.4) is 0 Å². The summed E-state index contributed by atoms with van der Waals surface area (Å²) >= 11 is 0. The molecule has 0 radical (unpaired) electrons. The van der Waals surface area contributed by atoms with E-state index in [4.69, 9.17) is 0 Å². The zero-order valence-electron chi connectivity index (χ0n) is 16.0. The first-order chi connectivity index (χ1) is 12.3. The summed E-state index contributed by atoms with van der Waals surface area (Å²) in [6.07, 6.45) is 0. The van der Waals surface area contributed by atoms with E-state index in [-0.39, 0.29) is 17.7 Å². The van der Waals surface area contributed by atoms with Gasteiger partial charge in [-0.25, -0.2) is 0 Å². The highest BCUT2D eigenvalue weighted by Crippen LogP contribution is 2.27. The Balaban J connectivity index is 1.76. The van der Waals surface area contributed by atoms with Crippen LogP contribution in [0.1, 0.15) is 46.7 Å². The smallest absolute Gasteiger partial charge is 0.255 e. The molecule has 138 valence electrons. The molecule has 3 rings (SSSR count). The quantitative estimate of drug-likeness (QED) is 0.896. The topological polar surface area (TPSA) is 67.2 Å². The highest BCUT2D eigenvalue weighted by atomic mass is 16.2. The van der Waals surface area contributed by atoms with Crippen molar-refractivity contribution in [2.75, 3.05) is 0 Å². The minimum absolute atomic E-state index is 0.0179. The molecule has 1 N–H and O–H groups in total. The van der Waals surface area contributed by atoms with Crippen LogP contribution in [-0.2, 0) is 24.9 Å². The first kappa shape index (κ1) is 18.2. The first-order valence-electron chi connectivity index (χ1n) is 8.97. The van der Waals surface area contributed by atoms with E-state index in [0.29, 0.717) is 18.7 Å². The van der Waals surface area contributed by atoms with E-state index in [0.717, 1.165) is 22.5 Å². The highest BCUT2D eigenvalue weighted by Gasteiger charge is 2.37. The highest BCUT2D eigenvalue weighted by molar-refractivity contribution is 6.01. The summed E-state index contributed by atoms with van der Waals surface area (Å²) in [5.74, 6) is -0.170. The van der Waals surface area contributed by atoms with Gasteiger partial charge in [0.2, 0.25) is 5.91 Å². The Bertz CT molecular complexity index is 853. The number of hydrogen-bond acceptors (Lipinski definition) is 3. The first-order valence-corrected chi connectivity index (χ1v) is 8.97. The van der Waals surface area contributed by atoms with Gasteiger partial charge in [-0.2, -0.15) is 5.10 Å². The summed E-state index contributed by atoms with van der Waals surface area (Å²) in [5.41, 5.74) is 4.66. The van der Waals surface area contributed by atoms with Crippen molar-refractivity contribution in [3.8, 4) is 0 Å². The molecule has 1 unspecified atom stereocenters. The fourth-order valence-corrected chi connectivity index (χ4v) is 3.66. The summed E-state index contributed by atoms with van der Waals surface area (Å²) in [4.78, 5) is 27.4. The Morgan fingerprint density at radius 3 is 2.54 bits per heavy atom. The third-order valence-corrected chi connectivity index (χ3v) is 5.18. The molecule has 2 heterocycles. The van der Waals surface area contributed by atoms with E-state index in [2.05, 4.69) is 10.4 Å². The molecular formula is C20H26N4O2. The van der Waals surface area contributed by atoms with Crippen LogP contribution in [0.15, 0.2) is 24.3 Å². The molecule has 6 heteroatoms. The fourth-order valence-electron chi connectivity index (χ4n) is 3.66. The zero-order chi connectivity index (χ0) is 19.0. The Morgan fingerprint density at radius 1 is 1.27 bits per heavy atom. The monoisotopic (exact) mass is 354 g/mol. The number of carbonyl (C=O) groups is 2. The second kappa shape index (κ2) is 6.94. The van der Waals surface area contributed by atoms with Crippen LogP contribution >= 0.6 is 0 Å². The Morgan fingerprint density at radius 2 is 1.96 bits per heavy atom. The number of carbonyl (C=O) groups excluding carboxylic acids is 2. The van der Waals surface area contributed by atoms with Crippen molar-refractivity contribution in [3.05, 3.63) is 52.3 Å². The van der Waals surface area contributed by atoms with E-state index in [1.807, 2.05) is 63.7 Å². The second-order valence-electron chi connectivity index (χ2n) is 7.27. The number of fused-ring (bicyclic) bond motifs is 1. The van der Waals surface area contributed by atoms with Gasteiger partial charge in [0.25, 0.3) is 5.91 Å². The van der Waals surface area contributed by atoms with Crippen LogP contribution in [0.4, 0.5) is 0 Å². The van der Waals surface area contributed by atoms with Crippen molar-refractivity contribution in [1.82, 2.24) is 20.0 Å². The molecule has 0 aliphatic carbocycles. The van der Waals surface area contributed by atoms with Gasteiger partial charge in [-0.3, -0.25) is 14.3 Å². The van der Waals surface area contributed by atoms with Gasteiger partial charge < -0.3 is 10.2 Å². The summed E-state index contributed by atoms with van der Waals surface area (Å²) in [7, 11) is 1.89. The molecule has 1 aliphatic rings. The van der Waals surface area contributed by atoms with Gasteiger partial charge in [0.05, 0.1) is 5.69 Å². The van der Waals surface area contributed by atoms with Gasteiger partial charge in [0.15, 0.2) is 0 Å². The van der Waals surface area contributed by atoms with E-state index in [9.17, 15) is 9.59 Å². The van der Waals surface area contributed by atoms with Crippen LogP contribution in [0.5, 0.6) is 0 Å². The predicted molar refractivity (Wildman–Crippen MR) is 99.5 cm³/mol. The Hall–Kier alpha value is -2.63. The number of hydrogen-bond donors (Lipinski definition) is 1. The summed E-state index contributed by atoms with van der Waals surface area (Å²) in [6, 6.07) is 7.07. The molecule has 1 aliphatic heterocycles. The molecule has 2 aromatic rings. The third-order valence-electron chi connectivity index (χ3n) is 5.18. The summed E-state index contributed by atoms with van der Waals surface area (Å²) in [5, 5.41) is 7.40. The maximum Gasteiger partial charge on any atom is 0.255 e. The largest absolute Gasteiger partial charge is 0.350 e. The summed E-state index contributed by atoms with van der Waals surface area (Å²) in [6.45, 7) is 8.78. The second-order valence-corrected chi connectivity index (χ2v) is 7.27. The molecule has 1 atom stereocenters. The average molecular weight is 354 g/mol. The molecule has 2 amide bonds.